The van der Waals surface area contributed by atoms with Gasteiger partial charge in [-0.15, -0.1) is 25.3 Å². The van der Waals surface area contributed by atoms with E-state index in [1.54, 1.807) is 0 Å². The molecule has 0 aromatic heterocycles. The minimum atomic E-state index is -0.858. The Bertz CT molecular complexity index is 192. The maximum Gasteiger partial charge on any atom is 2.00 e. The van der Waals surface area contributed by atoms with E-state index in [0.717, 1.165) is 12.8 Å². The molecular weight excluding hydrogens is 314 g/mol. The van der Waals surface area contributed by atoms with Crippen molar-refractivity contribution in [2.45, 2.75) is 51.7 Å². The van der Waals surface area contributed by atoms with Gasteiger partial charge >= 0.3 is 19.5 Å². The first-order chi connectivity index (χ1) is 7.36. The molecule has 0 radical (unpaired) electrons. The molecule has 0 aliphatic carbocycles. The molecule has 96 valence electrons. The second-order valence-corrected chi connectivity index (χ2v) is 4.17. The normalized spacial score (nSPS) is 12.6. The Morgan fingerprint density at radius 3 is 1.24 bits per heavy atom. The number of carbonyl (C=O) groups excluding carboxylic acids is 2. The monoisotopic (exact) mass is 332 g/mol. The topological polar surface area (TPSA) is 74.6 Å². The van der Waals surface area contributed by atoms with Gasteiger partial charge in [-0.2, -0.15) is 0 Å². The van der Waals surface area contributed by atoms with Gasteiger partial charge in [0.25, 0.3) is 0 Å². The molecule has 0 spiro atoms. The van der Waals surface area contributed by atoms with Crippen LogP contribution in [0.2, 0.25) is 0 Å². The second kappa shape index (κ2) is 14.6. The van der Waals surface area contributed by atoms with Crippen LogP contribution in [-0.4, -0.2) is 32.7 Å². The van der Waals surface area contributed by atoms with E-state index in [-0.39, 0.29) is 19.5 Å². The average molecular weight is 334 g/mol. The number of hydrogen-bond donors (Lipinski definition) is 4. The molecule has 0 aromatic rings. The van der Waals surface area contributed by atoms with E-state index in [1.165, 1.54) is 0 Å². The molecule has 7 heteroatoms. The molecule has 4 nitrogen and oxygen atoms in total. The van der Waals surface area contributed by atoms with Gasteiger partial charge in [-0.3, -0.25) is 9.59 Å². The minimum Gasteiger partial charge on any atom is -0.384 e. The number of rotatable bonds is 6. The summed E-state index contributed by atoms with van der Waals surface area (Å²) in [5.74, 6) is 0. The van der Waals surface area contributed by atoms with E-state index in [2.05, 4.69) is 25.3 Å². The van der Waals surface area contributed by atoms with E-state index in [1.807, 2.05) is 13.8 Å². The molecule has 0 aromatic carbocycles. The van der Waals surface area contributed by atoms with Gasteiger partial charge in [0.1, 0.15) is 12.2 Å². The van der Waals surface area contributed by atoms with Crippen molar-refractivity contribution >= 4 is 35.5 Å². The molecule has 0 aliphatic rings. The predicted octanol–water partition coefficient (Wildman–Crippen LogP) is 1.21. The van der Waals surface area contributed by atoms with Gasteiger partial charge in [0, 0.05) is 0 Å². The molecule has 0 rings (SSSR count). The van der Waals surface area contributed by atoms with E-state index in [9.17, 15) is 9.59 Å². The van der Waals surface area contributed by atoms with Crippen molar-refractivity contribution in [3.8, 4) is 0 Å². The number of aliphatic hydroxyl groups is 2. The van der Waals surface area contributed by atoms with Crippen LogP contribution in [0.15, 0.2) is 0 Å². The van der Waals surface area contributed by atoms with Gasteiger partial charge in [0.15, 0.2) is 0 Å². The second-order valence-electron chi connectivity index (χ2n) is 3.29. The molecule has 0 aliphatic heterocycles. The molecule has 0 bridgehead atoms. The molecule has 2 atom stereocenters. The molecule has 2 N–H and O–H groups in total. The molecule has 0 saturated carbocycles. The van der Waals surface area contributed by atoms with Crippen LogP contribution >= 0.6 is 25.3 Å². The predicted molar refractivity (Wildman–Crippen MR) is 69.8 cm³/mol. The van der Waals surface area contributed by atoms with Crippen molar-refractivity contribution in [2.24, 2.45) is 0 Å². The van der Waals surface area contributed by atoms with Gasteiger partial charge < -0.3 is 10.2 Å². The fraction of sp³-hybridized carbons (Fsp3) is 0.800. The zero-order valence-electron chi connectivity index (χ0n) is 10.3. The zero-order chi connectivity index (χ0) is 13.1. The Morgan fingerprint density at radius 1 is 0.941 bits per heavy atom. The first-order valence-corrected chi connectivity index (χ1v) is 6.07. The van der Waals surface area contributed by atoms with E-state index >= 15 is 0 Å². The number of carbonyl (C=O) groups is 2. The number of hydrogen-bond acceptors (Lipinski definition) is 4. The average Bonchev–Trinajstić information content (AvgIpc) is 2.19. The molecule has 0 amide bonds. The molecule has 2 unspecified atom stereocenters. The van der Waals surface area contributed by atoms with E-state index < -0.39 is 22.4 Å². The van der Waals surface area contributed by atoms with Crippen LogP contribution in [0.25, 0.3) is 0 Å². The standard InChI is InChI=1S/2C5H10O2S.Zn/c2*1-2-3-4(6)5(7)8;/h2*4,6H,2-3H2,1H3,(H,7,8);/q;;+2. The summed E-state index contributed by atoms with van der Waals surface area (Å²) in [5, 5.41) is 16.5. The summed E-state index contributed by atoms with van der Waals surface area (Å²) in [6.07, 6.45) is 0.942. The van der Waals surface area contributed by atoms with E-state index in [4.69, 9.17) is 10.2 Å². The fourth-order valence-corrected chi connectivity index (χ4v) is 1.05. The Labute approximate surface area is 126 Å². The van der Waals surface area contributed by atoms with Crippen LogP contribution in [0.4, 0.5) is 0 Å². The Hall–Kier alpha value is 0.583. The largest absolute Gasteiger partial charge is 2.00 e. The zero-order valence-corrected chi connectivity index (χ0v) is 15.1. The van der Waals surface area contributed by atoms with Gasteiger partial charge in [-0.1, -0.05) is 26.7 Å². The summed E-state index contributed by atoms with van der Waals surface area (Å²) < 4.78 is 0. The van der Waals surface area contributed by atoms with Crippen LogP contribution < -0.4 is 0 Å². The SMILES string of the molecule is CCCC(O)C(=O)S.CCCC(O)C(=O)S.[Zn+2]. The van der Waals surface area contributed by atoms with Gasteiger partial charge in [0.2, 0.25) is 10.2 Å². The Kier molecular flexibility index (Phi) is 19.6. The molecule has 0 heterocycles. The Balaban J connectivity index is -0.000000218. The maximum absolute atomic E-state index is 10.1. The van der Waals surface area contributed by atoms with Crippen molar-refractivity contribution in [3.63, 3.8) is 0 Å². The summed E-state index contributed by atoms with van der Waals surface area (Å²) in [6.45, 7) is 3.81. The van der Waals surface area contributed by atoms with E-state index in [0.29, 0.717) is 12.8 Å². The van der Waals surface area contributed by atoms with Gasteiger partial charge in [-0.25, -0.2) is 0 Å². The van der Waals surface area contributed by atoms with Gasteiger partial charge in [-0.05, 0) is 12.8 Å². The van der Waals surface area contributed by atoms with Crippen molar-refractivity contribution < 1.29 is 39.3 Å². The summed E-state index contributed by atoms with van der Waals surface area (Å²) in [6, 6.07) is 0. The maximum atomic E-state index is 10.1. The van der Waals surface area contributed by atoms with Crippen molar-refractivity contribution in [2.75, 3.05) is 0 Å². The van der Waals surface area contributed by atoms with Gasteiger partial charge in [0.05, 0.1) is 0 Å². The first-order valence-electron chi connectivity index (χ1n) is 5.18. The van der Waals surface area contributed by atoms with Crippen LogP contribution in [0.1, 0.15) is 39.5 Å². The van der Waals surface area contributed by atoms with Crippen LogP contribution in [0.3, 0.4) is 0 Å². The summed E-state index contributed by atoms with van der Waals surface area (Å²) in [5.41, 5.74) is 0. The Morgan fingerprint density at radius 2 is 1.18 bits per heavy atom. The quantitative estimate of drug-likeness (QED) is 0.435. The van der Waals surface area contributed by atoms with Crippen LogP contribution in [-0.2, 0) is 29.1 Å². The summed E-state index contributed by atoms with van der Waals surface area (Å²) >= 11 is 6.88. The van der Waals surface area contributed by atoms with Crippen molar-refractivity contribution in [1.82, 2.24) is 0 Å². The molecule has 0 saturated heterocycles. The third-order valence-electron chi connectivity index (χ3n) is 1.69. The fourth-order valence-electron chi connectivity index (χ4n) is 0.794. The van der Waals surface area contributed by atoms with Crippen LogP contribution in [0, 0.1) is 0 Å². The minimum absolute atomic E-state index is 0. The summed E-state index contributed by atoms with van der Waals surface area (Å²) in [4.78, 5) is 20.3. The third kappa shape index (κ3) is 16.6. The van der Waals surface area contributed by atoms with Crippen LogP contribution in [0.5, 0.6) is 0 Å². The number of thiol groups is 2. The summed E-state index contributed by atoms with van der Waals surface area (Å²) in [7, 11) is 0. The third-order valence-corrected chi connectivity index (χ3v) is 2.29. The molecule has 17 heavy (non-hydrogen) atoms. The molecular formula is C10H20O4S2Zn+2. The van der Waals surface area contributed by atoms with Crippen molar-refractivity contribution in [3.05, 3.63) is 0 Å². The number of aliphatic hydroxyl groups excluding tert-OH is 2. The smallest absolute Gasteiger partial charge is 0.384 e. The van der Waals surface area contributed by atoms with Crippen molar-refractivity contribution in [1.29, 1.82) is 0 Å². The first kappa shape index (κ1) is 22.7. The molecule has 0 fully saturated rings.